The van der Waals surface area contributed by atoms with E-state index in [2.05, 4.69) is 37.3 Å². The third-order valence-corrected chi connectivity index (χ3v) is 4.07. The van der Waals surface area contributed by atoms with Gasteiger partial charge < -0.3 is 9.84 Å². The standard InChI is InChI=1S/C10H10INO3.C6H4INO2/c1-15-10(14)3-2-9(13)8-6-7(11)4-5-12-8;7-4-1-2-8-5(3-4)6(9)10/h4-6H,2-3H2,1H3;1-3H,(H,9,10). The number of esters is 1. The van der Waals surface area contributed by atoms with Crippen LogP contribution < -0.4 is 0 Å². The summed E-state index contributed by atoms with van der Waals surface area (Å²) in [5.41, 5.74) is 0.484. The quantitative estimate of drug-likeness (QED) is 0.336. The van der Waals surface area contributed by atoms with Crippen molar-refractivity contribution in [2.45, 2.75) is 12.8 Å². The van der Waals surface area contributed by atoms with Gasteiger partial charge in [-0.25, -0.2) is 9.78 Å². The van der Waals surface area contributed by atoms with Crippen molar-refractivity contribution < 1.29 is 24.2 Å². The number of Topliss-reactive ketones (excluding diaryl/α,β-unsaturated/α-hetero) is 1. The second-order valence-corrected chi connectivity index (χ2v) is 7.01. The summed E-state index contributed by atoms with van der Waals surface area (Å²) in [6, 6.07) is 6.76. The second kappa shape index (κ2) is 11.1. The Bertz CT molecular complexity index is 768. The van der Waals surface area contributed by atoms with Crippen LogP contribution in [0.2, 0.25) is 0 Å². The molecule has 25 heavy (non-hydrogen) atoms. The summed E-state index contributed by atoms with van der Waals surface area (Å²) in [6.45, 7) is 0. The molecule has 132 valence electrons. The molecular formula is C16H14I2N2O5. The molecule has 0 aromatic carbocycles. The van der Waals surface area contributed by atoms with Crippen LogP contribution in [0, 0.1) is 7.14 Å². The first-order valence-corrected chi connectivity index (χ1v) is 9.05. The van der Waals surface area contributed by atoms with E-state index in [9.17, 15) is 14.4 Å². The molecule has 2 heterocycles. The molecule has 0 aliphatic carbocycles. The van der Waals surface area contributed by atoms with Crippen LogP contribution in [0.4, 0.5) is 0 Å². The first-order valence-electron chi connectivity index (χ1n) is 6.90. The molecule has 0 fully saturated rings. The van der Waals surface area contributed by atoms with Gasteiger partial charge in [0.15, 0.2) is 5.78 Å². The molecule has 2 rings (SSSR count). The van der Waals surface area contributed by atoms with Crippen molar-refractivity contribution in [1.29, 1.82) is 0 Å². The number of hydrogen-bond donors (Lipinski definition) is 1. The summed E-state index contributed by atoms with van der Waals surface area (Å²) in [7, 11) is 1.30. The van der Waals surface area contributed by atoms with E-state index in [0.717, 1.165) is 7.14 Å². The number of aromatic carboxylic acids is 1. The maximum absolute atomic E-state index is 11.5. The van der Waals surface area contributed by atoms with E-state index in [4.69, 9.17) is 5.11 Å². The molecule has 0 amide bonds. The number of ketones is 1. The normalized spacial score (nSPS) is 9.56. The largest absolute Gasteiger partial charge is 0.477 e. The number of aromatic nitrogens is 2. The number of pyridine rings is 2. The highest BCUT2D eigenvalue weighted by molar-refractivity contribution is 14.1. The number of rotatable bonds is 5. The second-order valence-electron chi connectivity index (χ2n) is 4.52. The van der Waals surface area contributed by atoms with Crippen molar-refractivity contribution in [3.63, 3.8) is 0 Å². The number of ether oxygens (including phenoxy) is 1. The summed E-state index contributed by atoms with van der Waals surface area (Å²) < 4.78 is 6.27. The highest BCUT2D eigenvalue weighted by Gasteiger charge is 2.10. The number of nitrogens with zero attached hydrogens (tertiary/aromatic N) is 2. The Balaban J connectivity index is 0.000000271. The fraction of sp³-hybridized carbons (Fsp3) is 0.188. The topological polar surface area (TPSA) is 106 Å². The van der Waals surface area contributed by atoms with Crippen LogP contribution in [0.1, 0.15) is 33.8 Å². The van der Waals surface area contributed by atoms with Crippen LogP contribution in [0.25, 0.3) is 0 Å². The van der Waals surface area contributed by atoms with Crippen LogP contribution in [0.15, 0.2) is 36.7 Å². The van der Waals surface area contributed by atoms with Crippen molar-refractivity contribution in [1.82, 2.24) is 9.97 Å². The molecule has 0 saturated heterocycles. The van der Waals surface area contributed by atoms with Gasteiger partial charge in [-0.2, -0.15) is 0 Å². The van der Waals surface area contributed by atoms with Crippen molar-refractivity contribution in [2.24, 2.45) is 0 Å². The first-order chi connectivity index (χ1) is 11.8. The molecule has 1 N–H and O–H groups in total. The molecular weight excluding hydrogens is 554 g/mol. The lowest BCUT2D eigenvalue weighted by Crippen LogP contribution is -2.07. The lowest BCUT2D eigenvalue weighted by Gasteiger charge is -2.00. The van der Waals surface area contributed by atoms with Gasteiger partial charge in [-0.15, -0.1) is 0 Å². The number of hydrogen-bond acceptors (Lipinski definition) is 6. The van der Waals surface area contributed by atoms with Gasteiger partial charge in [-0.1, -0.05) is 0 Å². The molecule has 0 atom stereocenters. The predicted octanol–water partition coefficient (Wildman–Crippen LogP) is 3.21. The van der Waals surface area contributed by atoms with Gasteiger partial charge in [0.25, 0.3) is 0 Å². The summed E-state index contributed by atoms with van der Waals surface area (Å²) >= 11 is 4.14. The van der Waals surface area contributed by atoms with E-state index in [1.54, 1.807) is 24.4 Å². The summed E-state index contributed by atoms with van der Waals surface area (Å²) in [4.78, 5) is 40.2. The summed E-state index contributed by atoms with van der Waals surface area (Å²) in [6.07, 6.45) is 3.29. The van der Waals surface area contributed by atoms with E-state index in [1.165, 1.54) is 19.4 Å². The number of carboxylic acids is 1. The molecule has 2 aromatic heterocycles. The molecule has 0 unspecified atom stereocenters. The van der Waals surface area contributed by atoms with Gasteiger partial charge in [0.1, 0.15) is 11.4 Å². The zero-order valence-electron chi connectivity index (χ0n) is 13.1. The molecule has 2 aromatic rings. The SMILES string of the molecule is COC(=O)CCC(=O)c1cc(I)ccn1.O=C(O)c1cc(I)ccn1. The Hall–Kier alpha value is -1.63. The van der Waals surface area contributed by atoms with Crippen molar-refractivity contribution >= 4 is 62.9 Å². The van der Waals surface area contributed by atoms with Gasteiger partial charge in [0, 0.05) is 26.0 Å². The zero-order chi connectivity index (χ0) is 18.8. The monoisotopic (exact) mass is 568 g/mol. The Morgan fingerprint density at radius 2 is 1.52 bits per heavy atom. The zero-order valence-corrected chi connectivity index (χ0v) is 17.4. The van der Waals surface area contributed by atoms with Gasteiger partial charge in [0.05, 0.1) is 13.5 Å². The van der Waals surface area contributed by atoms with Crippen LogP contribution in [-0.2, 0) is 9.53 Å². The van der Waals surface area contributed by atoms with Crippen LogP contribution in [0.5, 0.6) is 0 Å². The molecule has 0 radical (unpaired) electrons. The first kappa shape index (κ1) is 21.4. The minimum absolute atomic E-state index is 0.0897. The fourth-order valence-corrected chi connectivity index (χ4v) is 2.44. The molecule has 7 nitrogen and oxygen atoms in total. The Labute approximate surface area is 171 Å². The van der Waals surface area contributed by atoms with Crippen LogP contribution >= 0.6 is 45.2 Å². The number of carboxylic acid groups (broad SMARTS) is 1. The van der Waals surface area contributed by atoms with Gasteiger partial charge in [0.2, 0.25) is 0 Å². The number of halogens is 2. The van der Waals surface area contributed by atoms with Crippen molar-refractivity contribution in [3.8, 4) is 0 Å². The predicted molar refractivity (Wildman–Crippen MR) is 106 cm³/mol. The number of methoxy groups -OCH3 is 1. The van der Waals surface area contributed by atoms with Gasteiger partial charge in [-0.05, 0) is 69.4 Å². The lowest BCUT2D eigenvalue weighted by atomic mass is 10.1. The van der Waals surface area contributed by atoms with Crippen LogP contribution in [0.3, 0.4) is 0 Å². The summed E-state index contributed by atoms with van der Waals surface area (Å²) in [5.74, 6) is -1.51. The van der Waals surface area contributed by atoms with Gasteiger partial charge in [-0.3, -0.25) is 14.6 Å². The molecule has 0 spiro atoms. The molecule has 0 aliphatic rings. The van der Waals surface area contributed by atoms with E-state index >= 15 is 0 Å². The summed E-state index contributed by atoms with van der Waals surface area (Å²) in [5, 5.41) is 8.44. The van der Waals surface area contributed by atoms with E-state index in [1.807, 2.05) is 22.6 Å². The highest BCUT2D eigenvalue weighted by atomic mass is 127. The van der Waals surface area contributed by atoms with Crippen molar-refractivity contribution in [2.75, 3.05) is 7.11 Å². The Morgan fingerprint density at radius 1 is 1.00 bits per heavy atom. The van der Waals surface area contributed by atoms with Crippen LogP contribution in [-0.4, -0.2) is 39.9 Å². The molecule has 0 aliphatic heterocycles. The third-order valence-electron chi connectivity index (χ3n) is 2.73. The average molecular weight is 568 g/mol. The van der Waals surface area contributed by atoms with Gasteiger partial charge >= 0.3 is 11.9 Å². The highest BCUT2D eigenvalue weighted by Crippen LogP contribution is 2.08. The number of carbonyl (C=O) groups excluding carboxylic acids is 2. The van der Waals surface area contributed by atoms with E-state index < -0.39 is 5.97 Å². The maximum Gasteiger partial charge on any atom is 0.354 e. The van der Waals surface area contributed by atoms with E-state index in [0.29, 0.717) is 5.69 Å². The minimum Gasteiger partial charge on any atom is -0.477 e. The smallest absolute Gasteiger partial charge is 0.354 e. The Kier molecular flexibility index (Phi) is 9.49. The third kappa shape index (κ3) is 8.34. The fourth-order valence-electron chi connectivity index (χ4n) is 1.52. The maximum atomic E-state index is 11.5. The van der Waals surface area contributed by atoms with Crippen molar-refractivity contribution in [3.05, 3.63) is 55.2 Å². The Morgan fingerprint density at radius 3 is 1.96 bits per heavy atom. The van der Waals surface area contributed by atoms with E-state index in [-0.39, 0.29) is 30.3 Å². The molecule has 0 bridgehead atoms. The average Bonchev–Trinajstić information content (AvgIpc) is 2.59. The molecule has 0 saturated carbocycles. The number of carbonyl (C=O) groups is 3. The molecule has 9 heteroatoms. The minimum atomic E-state index is -0.987. The lowest BCUT2D eigenvalue weighted by molar-refractivity contribution is -0.140.